The Kier molecular flexibility index (Phi) is 5.68. The molecule has 1 fully saturated rings. The van der Waals surface area contributed by atoms with E-state index in [2.05, 4.69) is 15.2 Å². The number of amides is 1. The summed E-state index contributed by atoms with van der Waals surface area (Å²) in [7, 11) is -3.73. The first-order chi connectivity index (χ1) is 14.3. The molecule has 1 amide bonds. The Hall–Kier alpha value is -2.62. The lowest BCUT2D eigenvalue weighted by molar-refractivity contribution is -0.117. The van der Waals surface area contributed by atoms with Crippen molar-refractivity contribution in [2.45, 2.75) is 24.0 Å². The molecule has 156 valence electrons. The quantitative estimate of drug-likeness (QED) is 0.512. The Labute approximate surface area is 182 Å². The third-order valence-corrected chi connectivity index (χ3v) is 7.59. The predicted octanol–water partition coefficient (Wildman–Crippen LogP) is 5.02. The molecule has 1 aromatic carbocycles. The fraction of sp³-hybridized carbons (Fsp3) is 0.200. The Morgan fingerprint density at radius 3 is 2.80 bits per heavy atom. The van der Waals surface area contributed by atoms with Crippen molar-refractivity contribution in [3.8, 4) is 0 Å². The van der Waals surface area contributed by atoms with Gasteiger partial charge in [0.2, 0.25) is 5.91 Å². The number of carbonyl (C=O) groups is 1. The minimum atomic E-state index is -3.73. The van der Waals surface area contributed by atoms with E-state index in [-0.39, 0.29) is 16.0 Å². The van der Waals surface area contributed by atoms with Crippen LogP contribution in [0.3, 0.4) is 0 Å². The number of hydrogen-bond acceptors (Lipinski definition) is 6. The number of rotatable bonds is 7. The molecule has 30 heavy (non-hydrogen) atoms. The van der Waals surface area contributed by atoms with Crippen LogP contribution in [0.15, 0.2) is 45.1 Å². The first-order valence-corrected chi connectivity index (χ1v) is 11.8. The number of nitrogens with zero attached hydrogens (tertiary/aromatic N) is 1. The number of aryl methyl sites for hydroxylation is 1. The van der Waals surface area contributed by atoms with Gasteiger partial charge in [-0.05, 0) is 62.2 Å². The van der Waals surface area contributed by atoms with Gasteiger partial charge in [0.15, 0.2) is 5.76 Å². The van der Waals surface area contributed by atoms with Gasteiger partial charge < -0.3 is 9.84 Å². The zero-order chi connectivity index (χ0) is 21.3. The van der Waals surface area contributed by atoms with Crippen LogP contribution >= 0.6 is 22.9 Å². The smallest absolute Gasteiger partial charge is 0.271 e. The Bertz CT molecular complexity index is 1230. The number of sulfonamides is 1. The van der Waals surface area contributed by atoms with Gasteiger partial charge in [0.25, 0.3) is 10.0 Å². The maximum Gasteiger partial charge on any atom is 0.271 e. The molecule has 2 N–H and O–H groups in total. The van der Waals surface area contributed by atoms with Gasteiger partial charge in [0, 0.05) is 15.8 Å². The van der Waals surface area contributed by atoms with Gasteiger partial charge in [-0.15, -0.1) is 11.3 Å². The van der Waals surface area contributed by atoms with Crippen molar-refractivity contribution in [2.75, 3.05) is 10.0 Å². The van der Waals surface area contributed by atoms with Crippen molar-refractivity contribution in [3.05, 3.63) is 57.8 Å². The summed E-state index contributed by atoms with van der Waals surface area (Å²) in [6, 6.07) is 9.72. The highest BCUT2D eigenvalue weighted by molar-refractivity contribution is 7.94. The second kappa shape index (κ2) is 8.25. The van der Waals surface area contributed by atoms with Crippen LogP contribution in [0, 0.1) is 12.8 Å². The number of thiophene rings is 1. The third-order valence-electron chi connectivity index (χ3n) is 4.43. The summed E-state index contributed by atoms with van der Waals surface area (Å²) >= 11 is 7.01. The van der Waals surface area contributed by atoms with E-state index in [1.54, 1.807) is 43.3 Å². The molecule has 7 nitrogen and oxygen atoms in total. The van der Waals surface area contributed by atoms with Gasteiger partial charge in [-0.25, -0.2) is 8.42 Å². The molecule has 0 aliphatic heterocycles. The molecule has 1 aliphatic rings. The van der Waals surface area contributed by atoms with Gasteiger partial charge in [-0.1, -0.05) is 22.8 Å². The Morgan fingerprint density at radius 1 is 1.27 bits per heavy atom. The maximum absolute atomic E-state index is 12.6. The first-order valence-electron chi connectivity index (χ1n) is 9.15. The average Bonchev–Trinajstić information content (AvgIpc) is 3.33. The molecule has 1 aliphatic carbocycles. The van der Waals surface area contributed by atoms with E-state index in [4.69, 9.17) is 16.1 Å². The number of hydrogen-bond donors (Lipinski definition) is 2. The molecule has 0 saturated heterocycles. The second-order valence-corrected chi connectivity index (χ2v) is 10.3. The molecule has 1 saturated carbocycles. The van der Waals surface area contributed by atoms with Crippen molar-refractivity contribution in [1.82, 2.24) is 5.16 Å². The van der Waals surface area contributed by atoms with Crippen LogP contribution < -0.4 is 10.0 Å². The molecular weight excluding hydrogens is 446 g/mol. The highest BCUT2D eigenvalue weighted by atomic mass is 35.5. The Balaban J connectivity index is 1.49. The standard InChI is InChI=1S/C20H18ClN3O4S2/c1-12-19(22-20(25)13-5-6-13)17(28-23-12)9-7-16-8-10-18(29-16)30(26,27)24-15-4-2-3-14(21)11-15/h2-4,7-11,13,24H,5-6H2,1H3,(H,22,25)/b9-7+. The van der Waals surface area contributed by atoms with Crippen LogP contribution in [0.4, 0.5) is 11.4 Å². The normalized spacial score (nSPS) is 14.2. The summed E-state index contributed by atoms with van der Waals surface area (Å²) in [4.78, 5) is 12.8. The molecule has 10 heteroatoms. The second-order valence-electron chi connectivity index (χ2n) is 6.88. The summed E-state index contributed by atoms with van der Waals surface area (Å²) in [5.41, 5.74) is 1.51. The maximum atomic E-state index is 12.6. The van der Waals surface area contributed by atoms with E-state index in [0.717, 1.165) is 24.2 Å². The molecule has 0 atom stereocenters. The van der Waals surface area contributed by atoms with E-state index in [1.165, 1.54) is 12.1 Å². The number of benzene rings is 1. The molecule has 4 rings (SSSR count). The van der Waals surface area contributed by atoms with Gasteiger partial charge >= 0.3 is 0 Å². The van der Waals surface area contributed by atoms with Crippen LogP contribution in [0.2, 0.25) is 5.02 Å². The third kappa shape index (κ3) is 4.75. The molecule has 3 aromatic rings. The van der Waals surface area contributed by atoms with E-state index in [9.17, 15) is 13.2 Å². The predicted molar refractivity (Wildman–Crippen MR) is 118 cm³/mol. The van der Waals surface area contributed by atoms with Crippen molar-refractivity contribution < 1.29 is 17.7 Å². The summed E-state index contributed by atoms with van der Waals surface area (Å²) < 4.78 is 33.2. The summed E-state index contributed by atoms with van der Waals surface area (Å²) in [5.74, 6) is 0.442. The lowest BCUT2D eigenvalue weighted by atomic mass is 10.2. The molecular formula is C20H18ClN3O4S2. The molecule has 2 heterocycles. The fourth-order valence-electron chi connectivity index (χ4n) is 2.71. The number of carbonyl (C=O) groups excluding carboxylic acids is 1. The first kappa shape index (κ1) is 20.6. The molecule has 0 bridgehead atoms. The molecule has 2 aromatic heterocycles. The highest BCUT2D eigenvalue weighted by Crippen LogP contribution is 2.32. The monoisotopic (exact) mass is 463 g/mol. The SMILES string of the molecule is Cc1noc(/C=C/c2ccc(S(=O)(=O)Nc3cccc(Cl)c3)s2)c1NC(=O)C1CC1. The number of anilines is 2. The van der Waals surface area contributed by atoms with Gasteiger partial charge in [0.05, 0.1) is 5.69 Å². The lowest BCUT2D eigenvalue weighted by Gasteiger charge is -2.06. The van der Waals surface area contributed by atoms with Crippen molar-refractivity contribution >= 4 is 62.4 Å². The van der Waals surface area contributed by atoms with Crippen LogP contribution in [-0.2, 0) is 14.8 Å². The molecule has 0 radical (unpaired) electrons. The molecule has 0 spiro atoms. The number of halogens is 1. The zero-order valence-electron chi connectivity index (χ0n) is 15.9. The fourth-order valence-corrected chi connectivity index (χ4v) is 5.18. The molecule has 0 unspecified atom stereocenters. The van der Waals surface area contributed by atoms with Gasteiger partial charge in [-0.3, -0.25) is 9.52 Å². The van der Waals surface area contributed by atoms with Gasteiger partial charge in [0.1, 0.15) is 15.6 Å². The van der Waals surface area contributed by atoms with Crippen LogP contribution in [0.25, 0.3) is 12.2 Å². The van der Waals surface area contributed by atoms with Crippen LogP contribution in [-0.4, -0.2) is 19.5 Å². The van der Waals surface area contributed by atoms with E-state index < -0.39 is 10.0 Å². The minimum absolute atomic E-state index is 0.0347. The summed E-state index contributed by atoms with van der Waals surface area (Å²) in [5, 5.41) is 7.21. The van der Waals surface area contributed by atoms with Crippen molar-refractivity contribution in [2.24, 2.45) is 5.92 Å². The summed E-state index contributed by atoms with van der Waals surface area (Å²) in [6.45, 7) is 1.75. The average molecular weight is 464 g/mol. The lowest BCUT2D eigenvalue weighted by Crippen LogP contribution is -2.14. The zero-order valence-corrected chi connectivity index (χ0v) is 18.3. The van der Waals surface area contributed by atoms with E-state index in [0.29, 0.717) is 32.7 Å². The topological polar surface area (TPSA) is 101 Å². The minimum Gasteiger partial charge on any atom is -0.354 e. The number of aromatic nitrogens is 1. The van der Waals surface area contributed by atoms with E-state index in [1.807, 2.05) is 0 Å². The van der Waals surface area contributed by atoms with Crippen molar-refractivity contribution in [3.63, 3.8) is 0 Å². The van der Waals surface area contributed by atoms with Crippen molar-refractivity contribution in [1.29, 1.82) is 0 Å². The Morgan fingerprint density at radius 2 is 2.07 bits per heavy atom. The van der Waals surface area contributed by atoms with Crippen LogP contribution in [0.1, 0.15) is 29.2 Å². The largest absolute Gasteiger partial charge is 0.354 e. The van der Waals surface area contributed by atoms with Crippen LogP contribution in [0.5, 0.6) is 0 Å². The highest BCUT2D eigenvalue weighted by Gasteiger charge is 2.30. The summed E-state index contributed by atoms with van der Waals surface area (Å²) in [6.07, 6.45) is 5.18. The number of nitrogens with one attached hydrogen (secondary N) is 2. The van der Waals surface area contributed by atoms with E-state index >= 15 is 0 Å². The van der Waals surface area contributed by atoms with Gasteiger partial charge in [-0.2, -0.15) is 0 Å².